The van der Waals surface area contributed by atoms with Crippen molar-refractivity contribution in [3.8, 4) is 11.8 Å². The van der Waals surface area contributed by atoms with Gasteiger partial charge in [0.1, 0.15) is 0 Å². The normalized spacial score (nSPS) is 25.7. The van der Waals surface area contributed by atoms with Crippen LogP contribution in [0, 0.1) is 183 Å². The summed E-state index contributed by atoms with van der Waals surface area (Å²) in [7, 11) is 0. The molecule has 0 saturated heterocycles. The van der Waals surface area contributed by atoms with Crippen LogP contribution in [0.5, 0.6) is 0 Å². The summed E-state index contributed by atoms with van der Waals surface area (Å²) in [5.41, 5.74) is 3.51. The van der Waals surface area contributed by atoms with Crippen LogP contribution in [0.15, 0.2) is 42.5 Å². The first kappa shape index (κ1) is 152. The van der Waals surface area contributed by atoms with Crippen molar-refractivity contribution >= 4 is 0 Å². The van der Waals surface area contributed by atoms with Gasteiger partial charge in [-0.1, -0.05) is 648 Å². The second-order valence-corrected chi connectivity index (χ2v) is 51.8. The highest BCUT2D eigenvalue weighted by molar-refractivity contribution is 5.12. The minimum absolute atomic E-state index is 0.578. The maximum atomic E-state index is 3.28. The zero-order chi connectivity index (χ0) is 109. The summed E-state index contributed by atoms with van der Waals surface area (Å²) in [6, 6.07) is 10.3. The molecule has 0 spiro atoms. The van der Waals surface area contributed by atoms with Crippen molar-refractivity contribution in [1.82, 2.24) is 0 Å². The lowest BCUT2D eigenvalue weighted by atomic mass is 9.45. The van der Waals surface area contributed by atoms with Crippen molar-refractivity contribution in [3.63, 3.8) is 0 Å². The molecule has 0 heteroatoms. The molecule has 10 saturated carbocycles. The molecule has 0 heterocycles. The van der Waals surface area contributed by atoms with Gasteiger partial charge >= 0.3 is 0 Å². The lowest BCUT2D eigenvalue weighted by Gasteiger charge is -2.60. The van der Waals surface area contributed by atoms with Gasteiger partial charge in [-0.05, 0) is 249 Å². The maximum Gasteiger partial charge on any atom is 0.0174 e. The molecule has 15 unspecified atom stereocenters. The van der Waals surface area contributed by atoms with E-state index in [0.717, 1.165) is 147 Å². The molecule has 0 nitrogen and oxygen atoms in total. The fraction of sp³-hybridized carbons (Fsp3) is 0.929. The molecule has 11 rings (SSSR count). The van der Waals surface area contributed by atoms with E-state index < -0.39 is 0 Å². The third-order valence-corrected chi connectivity index (χ3v) is 35.6. The van der Waals surface area contributed by atoms with E-state index in [-0.39, 0.29) is 0 Å². The third kappa shape index (κ3) is 92.0. The molecule has 6 bridgehead atoms. The van der Waals surface area contributed by atoms with Crippen LogP contribution in [0.1, 0.15) is 683 Å². The number of benzene rings is 1. The summed E-state index contributed by atoms with van der Waals surface area (Å²) in [6.45, 7) is 105. The van der Waals surface area contributed by atoms with Gasteiger partial charge in [0.2, 0.25) is 0 Å². The molecule has 1 aromatic rings. The van der Waals surface area contributed by atoms with E-state index in [4.69, 9.17) is 0 Å². The van der Waals surface area contributed by atoms with Crippen LogP contribution in [0.4, 0.5) is 0 Å². The van der Waals surface area contributed by atoms with E-state index in [1.165, 1.54) is 333 Å². The lowest BCUT2D eigenvalue weighted by Crippen LogP contribution is -2.49. The van der Waals surface area contributed by atoms with Gasteiger partial charge < -0.3 is 0 Å². The van der Waals surface area contributed by atoms with E-state index in [0.29, 0.717) is 17.3 Å². The van der Waals surface area contributed by atoms with Crippen LogP contribution >= 0.6 is 0 Å². The summed E-state index contributed by atoms with van der Waals surface area (Å²) in [4.78, 5) is 0. The lowest BCUT2D eigenvalue weighted by molar-refractivity contribution is -0.0920. The molecule has 0 aliphatic heterocycles. The topological polar surface area (TPSA) is 0 Å². The smallest absolute Gasteiger partial charge is 0.0174 e. The van der Waals surface area contributed by atoms with Crippen molar-refractivity contribution in [3.05, 3.63) is 48.0 Å². The highest BCUT2D eigenvalue weighted by Crippen LogP contribution is 2.65. The molecule has 15 atom stereocenters. The van der Waals surface area contributed by atoms with E-state index in [9.17, 15) is 0 Å². The number of hydrogen-bond acceptors (Lipinski definition) is 0. The molecule has 0 N–H and O–H groups in total. The fourth-order valence-electron chi connectivity index (χ4n) is 23.4. The Bertz CT molecular complexity index is 2550. The van der Waals surface area contributed by atoms with E-state index in [1.807, 2.05) is 18.2 Å². The first-order valence-electron chi connectivity index (χ1n) is 65.0. The molecule has 0 radical (unpaired) electrons. The Morgan fingerprint density at radius 1 is 0.319 bits per heavy atom. The predicted molar refractivity (Wildman–Crippen MR) is 661 cm³/mol. The molecule has 1 aromatic carbocycles. The van der Waals surface area contributed by atoms with Gasteiger partial charge in [-0.15, -0.1) is 0 Å². The molecule has 10 aliphatic carbocycles. The van der Waals surface area contributed by atoms with Gasteiger partial charge in [0.05, 0.1) is 0 Å². The first-order valence-corrected chi connectivity index (χ1v) is 65.0. The van der Waals surface area contributed by atoms with Gasteiger partial charge in [0.15, 0.2) is 0 Å². The third-order valence-electron chi connectivity index (χ3n) is 35.6. The summed E-state index contributed by atoms with van der Waals surface area (Å²) < 4.78 is 0. The number of allylic oxidation sites excluding steroid dienone is 2. The van der Waals surface area contributed by atoms with Gasteiger partial charge in [-0.25, -0.2) is 0 Å². The minimum Gasteiger partial charge on any atom is -0.0999 e. The fourth-order valence-corrected chi connectivity index (χ4v) is 23.4. The number of unbranched alkanes of at least 4 members (excludes halogenated alkanes) is 2. The number of rotatable bonds is 36. The van der Waals surface area contributed by atoms with Crippen molar-refractivity contribution < 1.29 is 0 Å². The van der Waals surface area contributed by atoms with Crippen LogP contribution in [-0.2, 0) is 0 Å². The molecule has 0 aromatic heterocycles. The minimum atomic E-state index is 0.578. The second kappa shape index (κ2) is 102. The summed E-state index contributed by atoms with van der Waals surface area (Å²) in [5, 5.41) is 0. The van der Waals surface area contributed by atoms with Crippen molar-refractivity contribution in [2.75, 3.05) is 0 Å². The van der Waals surface area contributed by atoms with E-state index >= 15 is 0 Å². The SMILES string of the molecule is CC(C)C.CC12CC3CC(C1)CC(C)(C3)C2.CC1CC2CC1CC2C.CC1CCC(C)C1.CC1CCC(C)CC1.CCC.CCC(C)C.CCC(C)CC.CCC(CC)(CC)CC.CCC1CCC(CC)C1.CCC1CCC(CC)CC1.CCCC(C)/C=C/C(C)CC.CCCC(C)C#CC(C)CC.CCCC(C)CCC(C)CC.CCCC(CC)CC.CCCCCC(CC)CCC.Cc1ccccc1. The number of aryl methyl sites for hydroxylation is 1. The van der Waals surface area contributed by atoms with Crippen LogP contribution in [-0.4, -0.2) is 0 Å². The Morgan fingerprint density at radius 3 is 0.929 bits per heavy atom. The Morgan fingerprint density at radius 2 is 0.674 bits per heavy atom. The number of hydrogen-bond donors (Lipinski definition) is 0. The highest BCUT2D eigenvalue weighted by atomic mass is 14.6. The van der Waals surface area contributed by atoms with Gasteiger partial charge in [0, 0.05) is 11.8 Å². The monoisotopic (exact) mass is 1980 g/mol. The molecule has 10 aliphatic rings. The van der Waals surface area contributed by atoms with Crippen LogP contribution in [0.2, 0.25) is 0 Å². The molecule has 848 valence electrons. The molecule has 141 heavy (non-hydrogen) atoms. The quantitative estimate of drug-likeness (QED) is 0.0357. The van der Waals surface area contributed by atoms with Gasteiger partial charge in [-0.3, -0.25) is 0 Å². The largest absolute Gasteiger partial charge is 0.0999 e. The molecule has 10 fully saturated rings. The van der Waals surface area contributed by atoms with E-state index in [1.54, 1.807) is 38.5 Å². The summed E-state index contributed by atoms with van der Waals surface area (Å²) >= 11 is 0. The van der Waals surface area contributed by atoms with E-state index in [2.05, 4.69) is 355 Å². The second-order valence-electron chi connectivity index (χ2n) is 51.8. The molecular formula is C141H284. The Balaban J connectivity index is -0.000000273. The van der Waals surface area contributed by atoms with Gasteiger partial charge in [-0.2, -0.15) is 0 Å². The summed E-state index contributed by atoms with van der Waals surface area (Å²) in [6.07, 6.45) is 85.7. The average molecular weight is 1980 g/mol. The van der Waals surface area contributed by atoms with Crippen LogP contribution in [0.3, 0.4) is 0 Å². The zero-order valence-electron chi connectivity index (χ0n) is 108. The Labute approximate surface area is 902 Å². The molecular weight excluding hydrogens is 1690 g/mol. The predicted octanol–water partition coefficient (Wildman–Crippen LogP) is 51.0. The van der Waals surface area contributed by atoms with Crippen LogP contribution < -0.4 is 0 Å². The van der Waals surface area contributed by atoms with Crippen molar-refractivity contribution in [1.29, 1.82) is 0 Å². The van der Waals surface area contributed by atoms with Crippen molar-refractivity contribution in [2.24, 2.45) is 164 Å². The first-order chi connectivity index (χ1) is 66.8. The Hall–Kier alpha value is -1.48. The van der Waals surface area contributed by atoms with Crippen LogP contribution in [0.25, 0.3) is 0 Å². The maximum absolute atomic E-state index is 3.28. The standard InChI is InChI=1S/C12H20.C11H24.C11H22.C11H20.C11H24.C10H20.C9H16.C9H18.C9H20.C8H16.C8H18.C7H14.C7H8.C6H14.C5H12.C4H10.C3H8/c1-11-4-9-3-10(5-11)7-12(2,6-9)8-11;3*1-5-7-11(4)9-8-10(3)6-2;1-4-7-8-10-11(6-3)9-5-2;1-3-9-5-7-10(4-2)8-6-9;1-6-3-9-5-8(6)4-7(9)2;1-3-8-5-6-9(4-2)7-8;1-5-9(6-2,7-3)8-4;1-7-3-5-8(2)6-4-7;1-4-7-8(5-2)6-3;1-6-3-4-7(2)5-6;1-7-5-3-2-4-6-7;1-4-6(3)5-2;1-4-5(2)3;1-4(2)3;1-3-2/h9-10H,3-8H2,1-2H3;10-11H,5-9H2,1-4H3;8-11H,5-7H2,1-4H3;10-11H,5-7H2,1-4H3;11H,4-10H2,1-3H3;9-10H,3-8H2,1-2H3;6-9H,3-5H2,1-2H3;8-9H,3-7H2,1-2H3;5-8H2,1-4H3;7-8H,3-6H2,1-2H3;8H,4-7H2,1-3H3;6-7H,3-5H2,1-2H3;2-6H,1H3;6H,4-5H2,1-3H3;5H,4H2,1-3H3;4H,1-3H3;3H2,1-2H3/b;;9-8+;;;;;;;;;;;;;;. The average Bonchev–Trinajstić information content (AvgIpc) is 1.08. The van der Waals surface area contributed by atoms with Crippen molar-refractivity contribution in [2.45, 2.75) is 684 Å². The zero-order valence-corrected chi connectivity index (χ0v) is 108. The van der Waals surface area contributed by atoms with Gasteiger partial charge in [0.25, 0.3) is 0 Å². The number of fused-ring (bicyclic) bond motifs is 2. The molecule has 0 amide bonds. The summed E-state index contributed by atoms with van der Waals surface area (Å²) in [5.74, 6) is 30.8. The highest BCUT2D eigenvalue weighted by Gasteiger charge is 2.53. The Kier molecular flexibility index (Phi) is 110.